The second-order valence-corrected chi connectivity index (χ2v) is 6.86. The summed E-state index contributed by atoms with van der Waals surface area (Å²) in [6.07, 6.45) is 6.45. The predicted octanol–water partition coefficient (Wildman–Crippen LogP) is 2.21. The Bertz CT molecular complexity index is 752. The molecule has 22 heavy (non-hydrogen) atoms. The average Bonchev–Trinajstić information content (AvgIpc) is 2.91. The Balaban J connectivity index is 2.01. The lowest BCUT2D eigenvalue weighted by Crippen LogP contribution is -2.18. The third-order valence-corrected chi connectivity index (χ3v) is 3.75. The molecule has 2 rings (SSSR count). The van der Waals surface area contributed by atoms with Gasteiger partial charge in [0.05, 0.1) is 12.5 Å². The van der Waals surface area contributed by atoms with Gasteiger partial charge in [-0.1, -0.05) is 18.7 Å². The monoisotopic (exact) mass is 320 g/mol. The quantitative estimate of drug-likeness (QED) is 0.820. The summed E-state index contributed by atoms with van der Waals surface area (Å²) in [4.78, 5) is 0. The summed E-state index contributed by atoms with van der Waals surface area (Å²) in [5, 5.41) is 7.50. The molecule has 0 aliphatic rings. The van der Waals surface area contributed by atoms with E-state index in [0.29, 0.717) is 12.2 Å². The molecular weight excluding hydrogens is 300 g/mol. The molecule has 0 aliphatic heterocycles. The number of nitrogens with zero attached hydrogens (tertiary/aromatic N) is 2. The van der Waals surface area contributed by atoms with E-state index in [-0.39, 0.29) is 6.04 Å². The van der Waals surface area contributed by atoms with Crippen LogP contribution in [0.1, 0.15) is 24.1 Å². The summed E-state index contributed by atoms with van der Waals surface area (Å²) in [5.74, 6) is 0. The highest BCUT2D eigenvalue weighted by atomic mass is 32.2. The largest absolute Gasteiger partial charge is 0.306 e. The van der Waals surface area contributed by atoms with E-state index in [1.807, 2.05) is 31.3 Å². The fraction of sp³-hybridized carbons (Fsp3) is 0.267. The number of rotatable bonds is 7. The smallest absolute Gasteiger partial charge is 0.229 e. The van der Waals surface area contributed by atoms with Crippen molar-refractivity contribution in [3.63, 3.8) is 0 Å². The van der Waals surface area contributed by atoms with Crippen LogP contribution >= 0.6 is 0 Å². The van der Waals surface area contributed by atoms with Gasteiger partial charge in [-0.2, -0.15) is 5.10 Å². The van der Waals surface area contributed by atoms with E-state index in [0.717, 1.165) is 17.4 Å². The van der Waals surface area contributed by atoms with Crippen LogP contribution in [0.3, 0.4) is 0 Å². The molecule has 0 saturated carbocycles. The van der Waals surface area contributed by atoms with E-state index < -0.39 is 10.0 Å². The molecule has 2 aromatic rings. The van der Waals surface area contributed by atoms with Crippen molar-refractivity contribution >= 4 is 21.9 Å². The number of aromatic nitrogens is 2. The summed E-state index contributed by atoms with van der Waals surface area (Å²) in [7, 11) is -3.27. The molecule has 1 aromatic heterocycles. The van der Waals surface area contributed by atoms with Crippen LogP contribution < -0.4 is 10.0 Å². The number of hydrogen-bond donors (Lipinski definition) is 2. The Kier molecular flexibility index (Phi) is 4.99. The van der Waals surface area contributed by atoms with E-state index in [2.05, 4.69) is 21.7 Å². The van der Waals surface area contributed by atoms with Gasteiger partial charge < -0.3 is 5.32 Å². The zero-order chi connectivity index (χ0) is 16.2. The molecule has 0 radical (unpaired) electrons. The molecule has 1 atom stereocenters. The van der Waals surface area contributed by atoms with Crippen LogP contribution in [0.15, 0.2) is 43.2 Å². The van der Waals surface area contributed by atoms with Crippen molar-refractivity contribution < 1.29 is 8.42 Å². The number of benzene rings is 1. The number of hydrogen-bond acceptors (Lipinski definition) is 4. The summed E-state index contributed by atoms with van der Waals surface area (Å²) >= 11 is 0. The fourth-order valence-corrected chi connectivity index (χ4v) is 2.60. The minimum absolute atomic E-state index is 0.0772. The van der Waals surface area contributed by atoms with Crippen LogP contribution in [0.5, 0.6) is 0 Å². The van der Waals surface area contributed by atoms with Crippen LogP contribution in [0.2, 0.25) is 0 Å². The Labute approximate surface area is 130 Å². The van der Waals surface area contributed by atoms with Crippen molar-refractivity contribution in [2.45, 2.75) is 19.5 Å². The Morgan fingerprint density at radius 3 is 2.86 bits per heavy atom. The lowest BCUT2D eigenvalue weighted by Gasteiger charge is -2.15. The zero-order valence-corrected chi connectivity index (χ0v) is 13.5. The predicted molar refractivity (Wildman–Crippen MR) is 88.8 cm³/mol. The molecule has 1 heterocycles. The molecular formula is C15H20N4O2S. The Hall–Kier alpha value is -2.12. The number of nitrogens with one attached hydrogen (secondary N) is 2. The maximum Gasteiger partial charge on any atom is 0.229 e. The van der Waals surface area contributed by atoms with Crippen LogP contribution in [0.4, 0.5) is 5.69 Å². The molecule has 0 saturated heterocycles. The third kappa shape index (κ3) is 4.71. The minimum Gasteiger partial charge on any atom is -0.306 e. The maximum absolute atomic E-state index is 11.3. The Morgan fingerprint density at radius 2 is 2.23 bits per heavy atom. The van der Waals surface area contributed by atoms with E-state index in [9.17, 15) is 8.42 Å². The fourth-order valence-electron chi connectivity index (χ4n) is 2.04. The highest BCUT2D eigenvalue weighted by Crippen LogP contribution is 2.18. The average molecular weight is 320 g/mol. The topological polar surface area (TPSA) is 76.0 Å². The van der Waals surface area contributed by atoms with Gasteiger partial charge in [-0.25, -0.2) is 13.1 Å². The van der Waals surface area contributed by atoms with Gasteiger partial charge >= 0.3 is 0 Å². The third-order valence-electron chi connectivity index (χ3n) is 3.14. The lowest BCUT2D eigenvalue weighted by atomic mass is 10.1. The van der Waals surface area contributed by atoms with Crippen LogP contribution in [-0.4, -0.2) is 24.5 Å². The van der Waals surface area contributed by atoms with Crippen molar-refractivity contribution in [2.24, 2.45) is 0 Å². The highest BCUT2D eigenvalue weighted by Gasteiger charge is 2.08. The molecule has 0 aliphatic carbocycles. The number of anilines is 1. The summed E-state index contributed by atoms with van der Waals surface area (Å²) in [6, 6.07) is 7.42. The first-order valence-corrected chi connectivity index (χ1v) is 8.73. The van der Waals surface area contributed by atoms with Crippen molar-refractivity contribution in [3.8, 4) is 0 Å². The maximum atomic E-state index is 11.3. The zero-order valence-electron chi connectivity index (χ0n) is 12.7. The van der Waals surface area contributed by atoms with E-state index in [1.54, 1.807) is 23.1 Å². The summed E-state index contributed by atoms with van der Waals surface area (Å²) in [6.45, 7) is 6.34. The molecule has 0 bridgehead atoms. The lowest BCUT2D eigenvalue weighted by molar-refractivity contribution is 0.575. The highest BCUT2D eigenvalue weighted by molar-refractivity contribution is 7.92. The minimum atomic E-state index is -3.27. The van der Waals surface area contributed by atoms with Crippen molar-refractivity contribution in [3.05, 3.63) is 54.4 Å². The van der Waals surface area contributed by atoms with Crippen LogP contribution in [-0.2, 0) is 16.6 Å². The summed E-state index contributed by atoms with van der Waals surface area (Å²) in [5.41, 5.74) is 2.62. The second-order valence-electron chi connectivity index (χ2n) is 5.11. The van der Waals surface area contributed by atoms with Crippen LogP contribution in [0, 0.1) is 0 Å². The molecule has 7 heteroatoms. The molecule has 118 valence electrons. The van der Waals surface area contributed by atoms with Gasteiger partial charge in [0.25, 0.3) is 0 Å². The second kappa shape index (κ2) is 6.76. The van der Waals surface area contributed by atoms with Crippen molar-refractivity contribution in [1.29, 1.82) is 0 Å². The van der Waals surface area contributed by atoms with Crippen molar-refractivity contribution in [1.82, 2.24) is 15.1 Å². The van der Waals surface area contributed by atoms with E-state index >= 15 is 0 Å². The SMILES string of the molecule is C=Cn1cc(CNC(C)c2cccc(NS(C)(=O)=O)c2)cn1. The van der Waals surface area contributed by atoms with Crippen LogP contribution in [0.25, 0.3) is 6.20 Å². The van der Waals surface area contributed by atoms with E-state index in [4.69, 9.17) is 0 Å². The first-order chi connectivity index (χ1) is 10.4. The standard InChI is InChI=1S/C15H20N4O2S/c1-4-19-11-13(10-17-19)9-16-12(2)14-6-5-7-15(8-14)18-22(3,20)21/h4-8,10-12,16,18H,1,9H2,2-3H3. The van der Waals surface area contributed by atoms with Crippen molar-refractivity contribution in [2.75, 3.05) is 11.0 Å². The van der Waals surface area contributed by atoms with E-state index in [1.165, 1.54) is 0 Å². The van der Waals surface area contributed by atoms with Gasteiger partial charge in [-0.15, -0.1) is 0 Å². The number of sulfonamides is 1. The van der Waals surface area contributed by atoms with Gasteiger partial charge in [-0.05, 0) is 24.6 Å². The van der Waals surface area contributed by atoms with Gasteiger partial charge in [0, 0.05) is 36.2 Å². The molecule has 1 unspecified atom stereocenters. The molecule has 0 fully saturated rings. The normalized spacial score (nSPS) is 12.8. The molecule has 2 N–H and O–H groups in total. The van der Waals surface area contributed by atoms with Gasteiger partial charge in [0.1, 0.15) is 0 Å². The molecule has 0 spiro atoms. The molecule has 1 aromatic carbocycles. The van der Waals surface area contributed by atoms with Gasteiger partial charge in [0.15, 0.2) is 0 Å². The first-order valence-electron chi connectivity index (χ1n) is 6.84. The molecule has 6 nitrogen and oxygen atoms in total. The first kappa shape index (κ1) is 16.3. The Morgan fingerprint density at radius 1 is 1.45 bits per heavy atom. The van der Waals surface area contributed by atoms with Gasteiger partial charge in [0.2, 0.25) is 10.0 Å². The molecule has 0 amide bonds. The summed E-state index contributed by atoms with van der Waals surface area (Å²) < 4.78 is 26.7. The van der Waals surface area contributed by atoms with Gasteiger partial charge in [-0.3, -0.25) is 4.72 Å².